The van der Waals surface area contributed by atoms with Gasteiger partial charge in [-0.2, -0.15) is 0 Å². The van der Waals surface area contributed by atoms with Crippen molar-refractivity contribution in [2.75, 3.05) is 12.9 Å². The molecule has 5 rings (SSSR count). The second-order valence-electron chi connectivity index (χ2n) is 10.5. The third kappa shape index (κ3) is 7.05. The van der Waals surface area contributed by atoms with Crippen LogP contribution in [0.2, 0.25) is 0 Å². The van der Waals surface area contributed by atoms with Crippen LogP contribution in [0.1, 0.15) is 48.5 Å². The molecule has 0 saturated carbocycles. The molecule has 4 aromatic carbocycles. The van der Waals surface area contributed by atoms with Gasteiger partial charge in [-0.3, -0.25) is 4.79 Å². The first-order valence-electron chi connectivity index (χ1n) is 14.2. The van der Waals surface area contributed by atoms with Crippen LogP contribution in [0.15, 0.2) is 102 Å². The summed E-state index contributed by atoms with van der Waals surface area (Å²) in [6.07, 6.45) is -0.812. The van der Waals surface area contributed by atoms with Crippen LogP contribution in [0.25, 0.3) is 11.1 Å². The van der Waals surface area contributed by atoms with Gasteiger partial charge in [-0.25, -0.2) is 0 Å². The first-order chi connectivity index (χ1) is 20.5. The van der Waals surface area contributed by atoms with E-state index in [1.54, 1.807) is 18.9 Å². The minimum atomic E-state index is -0.546. The van der Waals surface area contributed by atoms with Crippen LogP contribution in [0.4, 0.5) is 0 Å². The number of carbonyl (C=O) groups is 1. The molecule has 4 aromatic rings. The number of ether oxygens (including phenoxy) is 3. The van der Waals surface area contributed by atoms with Gasteiger partial charge in [-0.15, -0.1) is 11.8 Å². The lowest BCUT2D eigenvalue weighted by Gasteiger charge is -2.41. The van der Waals surface area contributed by atoms with Gasteiger partial charge in [-0.05, 0) is 39.9 Å². The van der Waals surface area contributed by atoms with Gasteiger partial charge in [0.25, 0.3) is 0 Å². The van der Waals surface area contributed by atoms with E-state index < -0.39 is 6.29 Å². The smallest absolute Gasteiger partial charge is 0.217 e. The quantitative estimate of drug-likeness (QED) is 0.195. The number of hydrogen-bond acceptors (Lipinski definition) is 6. The highest BCUT2D eigenvalue weighted by molar-refractivity contribution is 7.99. The fraction of sp³-hybridized carbons (Fsp3) is 0.286. The molecule has 0 aromatic heterocycles. The lowest BCUT2D eigenvalue weighted by molar-refractivity contribution is -0.268. The molecule has 42 heavy (non-hydrogen) atoms. The summed E-state index contributed by atoms with van der Waals surface area (Å²) in [6, 6.07) is 32.4. The number of hydrogen-bond donors (Lipinski definition) is 2. The van der Waals surface area contributed by atoms with Crippen LogP contribution in [-0.4, -0.2) is 30.0 Å². The van der Waals surface area contributed by atoms with Gasteiger partial charge in [0.15, 0.2) is 6.29 Å². The molecule has 0 unspecified atom stereocenters. The molecular weight excluding hydrogens is 546 g/mol. The Kier molecular flexibility index (Phi) is 9.97. The Hall–Kier alpha value is -3.62. The number of aliphatic hydroxyl groups is 1. The van der Waals surface area contributed by atoms with Gasteiger partial charge in [-0.1, -0.05) is 91.9 Å². The third-order valence-electron chi connectivity index (χ3n) is 7.63. The Bertz CT molecular complexity index is 1470. The normalized spacial score (nSPS) is 20.2. The summed E-state index contributed by atoms with van der Waals surface area (Å²) >= 11 is 1.72. The molecule has 1 amide bonds. The summed E-state index contributed by atoms with van der Waals surface area (Å²) in [4.78, 5) is 12.6. The number of amides is 1. The highest BCUT2D eigenvalue weighted by Gasteiger charge is 2.38. The highest BCUT2D eigenvalue weighted by Crippen LogP contribution is 2.44. The van der Waals surface area contributed by atoms with E-state index in [9.17, 15) is 9.90 Å². The molecule has 0 bridgehead atoms. The molecule has 1 aliphatic rings. The summed E-state index contributed by atoms with van der Waals surface area (Å²) in [5, 5.41) is 12.4. The van der Waals surface area contributed by atoms with Crippen molar-refractivity contribution < 1.29 is 24.1 Å². The lowest BCUT2D eigenvalue weighted by atomic mass is 9.91. The van der Waals surface area contributed by atoms with Crippen molar-refractivity contribution in [1.82, 2.24) is 5.32 Å². The molecule has 0 radical (unpaired) electrons. The Morgan fingerprint density at radius 2 is 1.60 bits per heavy atom. The van der Waals surface area contributed by atoms with Crippen LogP contribution in [0.3, 0.4) is 0 Å². The topological polar surface area (TPSA) is 77.0 Å². The minimum Gasteiger partial charge on any atom is -0.496 e. The van der Waals surface area contributed by atoms with Gasteiger partial charge >= 0.3 is 0 Å². The number of aliphatic hydroxyl groups excluding tert-OH is 1. The Labute approximate surface area is 252 Å². The molecule has 218 valence electrons. The van der Waals surface area contributed by atoms with E-state index in [4.69, 9.17) is 14.2 Å². The zero-order valence-corrected chi connectivity index (χ0v) is 25.0. The molecular formula is C35H37NO5S. The van der Waals surface area contributed by atoms with Gasteiger partial charge in [0.1, 0.15) is 5.75 Å². The molecule has 1 fully saturated rings. The zero-order chi connectivity index (χ0) is 29.5. The predicted molar refractivity (Wildman–Crippen MR) is 166 cm³/mol. The number of benzene rings is 4. The van der Waals surface area contributed by atoms with Crippen LogP contribution in [0.5, 0.6) is 5.75 Å². The monoisotopic (exact) mass is 583 g/mol. The molecule has 2 N–H and O–H groups in total. The fourth-order valence-electron chi connectivity index (χ4n) is 5.22. The average molecular weight is 584 g/mol. The Morgan fingerprint density at radius 1 is 0.905 bits per heavy atom. The van der Waals surface area contributed by atoms with Gasteiger partial charge in [0, 0.05) is 35.6 Å². The summed E-state index contributed by atoms with van der Waals surface area (Å²) in [7, 11) is 1.69. The number of nitrogens with one attached hydrogen (secondary N) is 1. The average Bonchev–Trinajstić information content (AvgIpc) is 3.03. The number of para-hydroxylation sites is 1. The highest BCUT2D eigenvalue weighted by atomic mass is 32.2. The van der Waals surface area contributed by atoms with Crippen molar-refractivity contribution in [1.29, 1.82) is 0 Å². The largest absolute Gasteiger partial charge is 0.496 e. The van der Waals surface area contributed by atoms with Crippen molar-refractivity contribution in [3.63, 3.8) is 0 Å². The summed E-state index contributed by atoms with van der Waals surface area (Å²) in [6.45, 7) is 4.18. The van der Waals surface area contributed by atoms with Crippen molar-refractivity contribution in [2.45, 2.75) is 50.4 Å². The van der Waals surface area contributed by atoms with Crippen LogP contribution < -0.4 is 10.1 Å². The molecule has 0 spiro atoms. The molecule has 6 nitrogen and oxygen atoms in total. The molecule has 0 aliphatic carbocycles. The van der Waals surface area contributed by atoms with Gasteiger partial charge < -0.3 is 24.6 Å². The van der Waals surface area contributed by atoms with E-state index in [0.29, 0.717) is 6.54 Å². The summed E-state index contributed by atoms with van der Waals surface area (Å²) in [5.74, 6) is 1.62. The van der Waals surface area contributed by atoms with Crippen LogP contribution in [0, 0.1) is 5.92 Å². The standard InChI is InChI=1S/C35H37NO5S/c1-23-32(22-42-33-11-7-6-10-31(33)39-3)40-35(41-34(23)27-14-12-25(21-37)13-15-27)28-18-16-26(17-19-28)30-9-5-4-8-29(30)20-36-24(2)38/h4-19,23,32,34-35,37H,20-22H2,1-3H3,(H,36,38)/t23-,32+,34+,35+/m0/s1. The van der Waals surface area contributed by atoms with Gasteiger partial charge in [0.2, 0.25) is 5.91 Å². The number of rotatable bonds is 10. The van der Waals surface area contributed by atoms with E-state index in [1.807, 2.05) is 60.7 Å². The fourth-order valence-corrected chi connectivity index (χ4v) is 6.41. The van der Waals surface area contributed by atoms with Gasteiger partial charge in [0.05, 0.1) is 25.9 Å². The third-order valence-corrected chi connectivity index (χ3v) is 8.78. The molecule has 1 heterocycles. The lowest BCUT2D eigenvalue weighted by Crippen LogP contribution is -2.38. The maximum absolute atomic E-state index is 11.5. The van der Waals surface area contributed by atoms with Crippen molar-refractivity contribution >= 4 is 17.7 Å². The van der Waals surface area contributed by atoms with E-state index in [-0.39, 0.29) is 30.6 Å². The van der Waals surface area contributed by atoms with Crippen molar-refractivity contribution in [3.05, 3.63) is 119 Å². The minimum absolute atomic E-state index is 0.00551. The molecule has 1 aliphatic heterocycles. The van der Waals surface area contributed by atoms with Crippen molar-refractivity contribution in [2.24, 2.45) is 5.92 Å². The van der Waals surface area contributed by atoms with Crippen LogP contribution in [-0.2, 0) is 27.4 Å². The Morgan fingerprint density at radius 3 is 2.31 bits per heavy atom. The maximum Gasteiger partial charge on any atom is 0.217 e. The number of thioether (sulfide) groups is 1. The first kappa shape index (κ1) is 29.9. The predicted octanol–water partition coefficient (Wildman–Crippen LogP) is 7.07. The van der Waals surface area contributed by atoms with E-state index in [0.717, 1.165) is 49.8 Å². The number of methoxy groups -OCH3 is 1. The van der Waals surface area contributed by atoms with E-state index in [2.05, 4.69) is 48.6 Å². The van der Waals surface area contributed by atoms with Crippen molar-refractivity contribution in [3.8, 4) is 16.9 Å². The molecule has 1 saturated heterocycles. The second-order valence-corrected chi connectivity index (χ2v) is 11.5. The SMILES string of the molecule is COc1ccccc1SC[C@H]1O[C@@H](c2ccc(-c3ccccc3CNC(C)=O)cc2)O[C@@H](c2ccc(CO)cc2)[C@H]1C. The van der Waals surface area contributed by atoms with E-state index >= 15 is 0 Å². The first-order valence-corrected chi connectivity index (χ1v) is 15.1. The molecule has 7 heteroatoms. The summed E-state index contributed by atoms with van der Waals surface area (Å²) in [5.41, 5.74) is 6.05. The summed E-state index contributed by atoms with van der Waals surface area (Å²) < 4.78 is 18.8. The number of carbonyl (C=O) groups excluding carboxylic acids is 1. The van der Waals surface area contributed by atoms with E-state index in [1.165, 1.54) is 6.92 Å². The second kappa shape index (κ2) is 14.0. The van der Waals surface area contributed by atoms with Crippen LogP contribution >= 0.6 is 11.8 Å². The Balaban J connectivity index is 1.40. The maximum atomic E-state index is 11.5. The molecule has 4 atom stereocenters. The zero-order valence-electron chi connectivity index (χ0n) is 24.2.